The molecule has 0 amide bonds. The molecule has 0 unspecified atom stereocenters. The molecule has 2 rings (SSSR count). The van der Waals surface area contributed by atoms with Crippen molar-refractivity contribution in [2.24, 2.45) is 0 Å². The van der Waals surface area contributed by atoms with Gasteiger partial charge in [0.05, 0.1) is 0 Å². The van der Waals surface area contributed by atoms with Crippen molar-refractivity contribution in [3.8, 4) is 11.1 Å². The largest absolute Gasteiger partial charge is 0.316 e. The highest BCUT2D eigenvalue weighted by molar-refractivity contribution is 5.61. The van der Waals surface area contributed by atoms with Gasteiger partial charge >= 0.3 is 0 Å². The fourth-order valence-corrected chi connectivity index (χ4v) is 1.48. The van der Waals surface area contributed by atoms with E-state index in [4.69, 9.17) is 0 Å². The molecule has 0 aliphatic rings. The molecule has 0 bridgehead atoms. The van der Waals surface area contributed by atoms with E-state index in [-0.39, 0.29) is 0 Å². The first-order valence-corrected chi connectivity index (χ1v) is 4.89. The summed E-state index contributed by atoms with van der Waals surface area (Å²) in [5, 5.41) is 3.11. The zero-order valence-corrected chi connectivity index (χ0v) is 8.64. The molecule has 1 N–H and O–H groups in total. The first-order chi connectivity index (χ1) is 7.40. The summed E-state index contributed by atoms with van der Waals surface area (Å²) in [6, 6.07) is 6.09. The second kappa shape index (κ2) is 4.66. The van der Waals surface area contributed by atoms with E-state index in [0.717, 1.165) is 17.7 Å². The summed E-state index contributed by atoms with van der Waals surface area (Å²) in [6.07, 6.45) is 7.35. The maximum absolute atomic E-state index is 4.21. The van der Waals surface area contributed by atoms with Crippen LogP contribution in [-0.4, -0.2) is 17.0 Å². The molecule has 0 radical (unpaired) electrons. The summed E-state index contributed by atoms with van der Waals surface area (Å²) >= 11 is 0. The van der Waals surface area contributed by atoms with E-state index in [1.165, 1.54) is 5.56 Å². The van der Waals surface area contributed by atoms with E-state index < -0.39 is 0 Å². The monoisotopic (exact) mass is 199 g/mol. The molecule has 2 aromatic heterocycles. The van der Waals surface area contributed by atoms with Gasteiger partial charge in [0.1, 0.15) is 0 Å². The van der Waals surface area contributed by atoms with Gasteiger partial charge in [0, 0.05) is 42.5 Å². The van der Waals surface area contributed by atoms with Gasteiger partial charge in [0.2, 0.25) is 0 Å². The van der Waals surface area contributed by atoms with Crippen LogP contribution in [0.15, 0.2) is 43.0 Å². The quantitative estimate of drug-likeness (QED) is 0.820. The average Bonchev–Trinajstić information content (AvgIpc) is 2.31. The number of rotatable bonds is 3. The smallest absolute Gasteiger partial charge is 0.0347 e. The highest BCUT2D eigenvalue weighted by atomic mass is 14.8. The molecule has 0 atom stereocenters. The van der Waals surface area contributed by atoms with E-state index in [9.17, 15) is 0 Å². The number of hydrogen-bond acceptors (Lipinski definition) is 3. The maximum Gasteiger partial charge on any atom is 0.0347 e. The standard InChI is InChI=1S/C12H13N3/c1-13-6-10-5-12(9-15-7-10)11-3-2-4-14-8-11/h2-5,7-9,13H,6H2,1H3. The molecule has 0 aliphatic heterocycles. The predicted molar refractivity (Wildman–Crippen MR) is 60.2 cm³/mol. The van der Waals surface area contributed by atoms with Gasteiger partial charge in [0.15, 0.2) is 0 Å². The topological polar surface area (TPSA) is 37.8 Å². The van der Waals surface area contributed by atoms with E-state index in [1.807, 2.05) is 37.8 Å². The van der Waals surface area contributed by atoms with Gasteiger partial charge in [0.25, 0.3) is 0 Å². The van der Waals surface area contributed by atoms with Crippen molar-refractivity contribution in [2.75, 3.05) is 7.05 Å². The van der Waals surface area contributed by atoms with Crippen LogP contribution in [0.25, 0.3) is 11.1 Å². The normalized spacial score (nSPS) is 10.2. The van der Waals surface area contributed by atoms with E-state index in [1.54, 1.807) is 6.20 Å². The SMILES string of the molecule is CNCc1cncc(-c2cccnc2)c1. The lowest BCUT2D eigenvalue weighted by Gasteiger charge is -2.03. The van der Waals surface area contributed by atoms with Crippen molar-refractivity contribution in [3.63, 3.8) is 0 Å². The molecule has 2 aromatic rings. The van der Waals surface area contributed by atoms with Gasteiger partial charge in [-0.05, 0) is 24.7 Å². The summed E-state index contributed by atoms with van der Waals surface area (Å²) in [4.78, 5) is 8.31. The lowest BCUT2D eigenvalue weighted by atomic mass is 10.1. The number of pyridine rings is 2. The van der Waals surface area contributed by atoms with Crippen molar-refractivity contribution in [3.05, 3.63) is 48.5 Å². The third kappa shape index (κ3) is 2.39. The second-order valence-electron chi connectivity index (χ2n) is 3.35. The van der Waals surface area contributed by atoms with Crippen LogP contribution >= 0.6 is 0 Å². The molecular formula is C12H13N3. The highest BCUT2D eigenvalue weighted by Gasteiger charge is 1.98. The lowest BCUT2D eigenvalue weighted by Crippen LogP contribution is -2.05. The summed E-state index contributed by atoms with van der Waals surface area (Å²) in [5.74, 6) is 0. The Bertz CT molecular complexity index is 426. The summed E-state index contributed by atoms with van der Waals surface area (Å²) in [7, 11) is 1.93. The Morgan fingerprint density at radius 1 is 1.13 bits per heavy atom. The van der Waals surface area contributed by atoms with E-state index in [0.29, 0.717) is 0 Å². The van der Waals surface area contributed by atoms with Crippen LogP contribution in [0.1, 0.15) is 5.56 Å². The zero-order valence-electron chi connectivity index (χ0n) is 8.64. The Kier molecular flexibility index (Phi) is 3.05. The average molecular weight is 199 g/mol. The van der Waals surface area contributed by atoms with Crippen LogP contribution < -0.4 is 5.32 Å². The van der Waals surface area contributed by atoms with Crippen LogP contribution in [-0.2, 0) is 6.54 Å². The third-order valence-corrected chi connectivity index (χ3v) is 2.17. The molecule has 15 heavy (non-hydrogen) atoms. The van der Waals surface area contributed by atoms with Gasteiger partial charge in [-0.2, -0.15) is 0 Å². The first kappa shape index (κ1) is 9.80. The van der Waals surface area contributed by atoms with Crippen molar-refractivity contribution in [1.29, 1.82) is 0 Å². The van der Waals surface area contributed by atoms with Crippen LogP contribution in [0.4, 0.5) is 0 Å². The van der Waals surface area contributed by atoms with Gasteiger partial charge in [-0.1, -0.05) is 6.07 Å². The van der Waals surface area contributed by atoms with Crippen molar-refractivity contribution in [1.82, 2.24) is 15.3 Å². The van der Waals surface area contributed by atoms with Gasteiger partial charge in [-0.15, -0.1) is 0 Å². The number of hydrogen-bond donors (Lipinski definition) is 1. The Labute approximate surface area is 89.2 Å². The number of nitrogens with zero attached hydrogens (tertiary/aromatic N) is 2. The van der Waals surface area contributed by atoms with E-state index in [2.05, 4.69) is 21.4 Å². The zero-order chi connectivity index (χ0) is 10.5. The van der Waals surface area contributed by atoms with Crippen LogP contribution in [0.3, 0.4) is 0 Å². The van der Waals surface area contributed by atoms with Gasteiger partial charge in [-0.25, -0.2) is 0 Å². The molecule has 0 saturated carbocycles. The van der Waals surface area contributed by atoms with Gasteiger partial charge < -0.3 is 5.32 Å². The summed E-state index contributed by atoms with van der Waals surface area (Å²) in [6.45, 7) is 0.834. The summed E-state index contributed by atoms with van der Waals surface area (Å²) in [5.41, 5.74) is 3.39. The van der Waals surface area contributed by atoms with Crippen LogP contribution in [0.5, 0.6) is 0 Å². The van der Waals surface area contributed by atoms with Gasteiger partial charge in [-0.3, -0.25) is 9.97 Å². The van der Waals surface area contributed by atoms with Crippen molar-refractivity contribution >= 4 is 0 Å². The van der Waals surface area contributed by atoms with Crippen molar-refractivity contribution < 1.29 is 0 Å². The maximum atomic E-state index is 4.21. The minimum Gasteiger partial charge on any atom is -0.316 e. The fraction of sp³-hybridized carbons (Fsp3) is 0.167. The Morgan fingerprint density at radius 3 is 2.73 bits per heavy atom. The second-order valence-corrected chi connectivity index (χ2v) is 3.35. The Hall–Kier alpha value is -1.74. The van der Waals surface area contributed by atoms with E-state index >= 15 is 0 Å². The molecule has 0 spiro atoms. The third-order valence-electron chi connectivity index (χ3n) is 2.17. The summed E-state index contributed by atoms with van der Waals surface area (Å²) < 4.78 is 0. The van der Waals surface area contributed by atoms with Crippen LogP contribution in [0, 0.1) is 0 Å². The predicted octanol–water partition coefficient (Wildman–Crippen LogP) is 1.86. The molecule has 0 saturated heterocycles. The molecule has 2 heterocycles. The first-order valence-electron chi connectivity index (χ1n) is 4.89. The minimum absolute atomic E-state index is 0.834. The number of nitrogens with one attached hydrogen (secondary N) is 1. The molecule has 76 valence electrons. The molecule has 3 heteroatoms. The minimum atomic E-state index is 0.834. The Balaban J connectivity index is 2.33. The highest BCUT2D eigenvalue weighted by Crippen LogP contribution is 2.17. The molecule has 0 aromatic carbocycles. The molecule has 0 fully saturated rings. The molecule has 0 aliphatic carbocycles. The Morgan fingerprint density at radius 2 is 2.00 bits per heavy atom. The molecule has 3 nitrogen and oxygen atoms in total. The fourth-order valence-electron chi connectivity index (χ4n) is 1.48. The van der Waals surface area contributed by atoms with Crippen molar-refractivity contribution in [2.45, 2.75) is 6.54 Å². The molecular weight excluding hydrogens is 186 g/mol. The lowest BCUT2D eigenvalue weighted by molar-refractivity contribution is 0.813. The van der Waals surface area contributed by atoms with Crippen LogP contribution in [0.2, 0.25) is 0 Å². The number of aromatic nitrogens is 2.